The third-order valence-electron chi connectivity index (χ3n) is 3.27. The van der Waals surface area contributed by atoms with E-state index in [0.717, 1.165) is 25.9 Å². The molecular formula is C12H23NO3. The second kappa shape index (κ2) is 7.63. The number of carbonyl (C=O) groups excluding carboxylic acids is 1. The van der Waals surface area contributed by atoms with Gasteiger partial charge in [0.05, 0.1) is 7.11 Å². The Morgan fingerprint density at radius 2 is 2.31 bits per heavy atom. The molecule has 1 saturated heterocycles. The lowest BCUT2D eigenvalue weighted by Crippen LogP contribution is -2.40. The lowest BCUT2D eigenvalue weighted by molar-refractivity contribution is -0.140. The molecule has 1 heterocycles. The monoisotopic (exact) mass is 229 g/mol. The van der Waals surface area contributed by atoms with Gasteiger partial charge in [0.2, 0.25) is 0 Å². The molecule has 0 spiro atoms. The molecule has 0 aromatic rings. The van der Waals surface area contributed by atoms with E-state index in [0.29, 0.717) is 12.5 Å². The van der Waals surface area contributed by atoms with E-state index in [9.17, 15) is 4.79 Å². The lowest BCUT2D eigenvalue weighted by atomic mass is 9.99. The van der Waals surface area contributed by atoms with E-state index in [4.69, 9.17) is 5.11 Å². The van der Waals surface area contributed by atoms with Crippen molar-refractivity contribution in [3.05, 3.63) is 0 Å². The maximum Gasteiger partial charge on any atom is 0.305 e. The predicted molar refractivity (Wildman–Crippen MR) is 62.2 cm³/mol. The van der Waals surface area contributed by atoms with Crippen molar-refractivity contribution in [3.8, 4) is 0 Å². The summed E-state index contributed by atoms with van der Waals surface area (Å²) < 4.78 is 4.62. The second-order valence-electron chi connectivity index (χ2n) is 4.38. The largest absolute Gasteiger partial charge is 0.469 e. The van der Waals surface area contributed by atoms with Crippen LogP contribution in [0.5, 0.6) is 0 Å². The number of likely N-dealkylation sites (tertiary alicyclic amines) is 1. The highest BCUT2D eigenvalue weighted by Crippen LogP contribution is 2.19. The molecule has 0 aromatic heterocycles. The smallest absolute Gasteiger partial charge is 0.305 e. The third kappa shape index (κ3) is 4.49. The van der Waals surface area contributed by atoms with Gasteiger partial charge in [-0.3, -0.25) is 4.79 Å². The standard InChI is InChI=1S/C12H23NO3/c1-16-12(15)6-4-9-13-8-3-2-5-11(13)7-10-14/h11,14H,2-10H2,1H3. The highest BCUT2D eigenvalue weighted by molar-refractivity contribution is 5.69. The molecule has 0 amide bonds. The average molecular weight is 229 g/mol. The minimum atomic E-state index is -0.129. The van der Waals surface area contributed by atoms with Crippen LogP contribution < -0.4 is 0 Å². The molecule has 0 radical (unpaired) electrons. The van der Waals surface area contributed by atoms with Gasteiger partial charge in [0, 0.05) is 19.1 Å². The van der Waals surface area contributed by atoms with Crippen LogP contribution in [0, 0.1) is 0 Å². The summed E-state index contributed by atoms with van der Waals surface area (Å²) in [6.07, 6.45) is 5.89. The summed E-state index contributed by atoms with van der Waals surface area (Å²) in [6.45, 7) is 2.31. The molecule has 16 heavy (non-hydrogen) atoms. The summed E-state index contributed by atoms with van der Waals surface area (Å²) in [7, 11) is 1.43. The molecule has 0 saturated carbocycles. The lowest BCUT2D eigenvalue weighted by Gasteiger charge is -2.35. The Hall–Kier alpha value is -0.610. The molecule has 94 valence electrons. The maximum absolute atomic E-state index is 11.0. The summed E-state index contributed by atoms with van der Waals surface area (Å²) >= 11 is 0. The van der Waals surface area contributed by atoms with E-state index >= 15 is 0 Å². The van der Waals surface area contributed by atoms with Gasteiger partial charge in [-0.15, -0.1) is 0 Å². The number of aliphatic hydroxyl groups excluding tert-OH is 1. The summed E-state index contributed by atoms with van der Waals surface area (Å²) in [6, 6.07) is 0.511. The number of nitrogens with zero attached hydrogens (tertiary/aromatic N) is 1. The van der Waals surface area contributed by atoms with E-state index in [1.807, 2.05) is 0 Å². The van der Waals surface area contributed by atoms with Gasteiger partial charge in [0.15, 0.2) is 0 Å². The minimum Gasteiger partial charge on any atom is -0.469 e. The zero-order chi connectivity index (χ0) is 11.8. The number of methoxy groups -OCH3 is 1. The van der Waals surface area contributed by atoms with Crippen LogP contribution in [0.3, 0.4) is 0 Å². The first-order chi connectivity index (χ1) is 7.77. The Labute approximate surface area is 97.6 Å². The van der Waals surface area contributed by atoms with Crippen LogP contribution in [0.1, 0.15) is 38.5 Å². The molecule has 1 aliphatic heterocycles. The van der Waals surface area contributed by atoms with Gasteiger partial charge in [-0.2, -0.15) is 0 Å². The van der Waals surface area contributed by atoms with Crippen molar-refractivity contribution < 1.29 is 14.6 Å². The quantitative estimate of drug-likeness (QED) is 0.695. The second-order valence-corrected chi connectivity index (χ2v) is 4.38. The van der Waals surface area contributed by atoms with E-state index in [2.05, 4.69) is 9.64 Å². The Morgan fingerprint density at radius 3 is 3.00 bits per heavy atom. The number of hydrogen-bond donors (Lipinski definition) is 1. The van der Waals surface area contributed by atoms with Crippen molar-refractivity contribution >= 4 is 5.97 Å². The topological polar surface area (TPSA) is 49.8 Å². The molecule has 0 aliphatic carbocycles. The van der Waals surface area contributed by atoms with Crippen LogP contribution >= 0.6 is 0 Å². The number of aliphatic hydroxyl groups is 1. The normalized spacial score (nSPS) is 22.0. The van der Waals surface area contributed by atoms with Gasteiger partial charge in [-0.1, -0.05) is 6.42 Å². The number of rotatable bonds is 6. The molecule has 1 rings (SSSR count). The molecule has 0 bridgehead atoms. The molecule has 1 N–H and O–H groups in total. The summed E-state index contributed by atoms with van der Waals surface area (Å²) in [4.78, 5) is 13.4. The van der Waals surface area contributed by atoms with Gasteiger partial charge in [0.1, 0.15) is 0 Å². The Morgan fingerprint density at radius 1 is 1.50 bits per heavy atom. The number of esters is 1. The average Bonchev–Trinajstić information content (AvgIpc) is 2.31. The van der Waals surface area contributed by atoms with Crippen molar-refractivity contribution in [2.45, 2.75) is 44.6 Å². The zero-order valence-electron chi connectivity index (χ0n) is 10.2. The van der Waals surface area contributed by atoms with Crippen LogP contribution in [0.15, 0.2) is 0 Å². The molecular weight excluding hydrogens is 206 g/mol. The number of carbonyl (C=O) groups is 1. The third-order valence-corrected chi connectivity index (χ3v) is 3.27. The highest BCUT2D eigenvalue weighted by Gasteiger charge is 2.21. The Kier molecular flexibility index (Phi) is 6.42. The molecule has 4 nitrogen and oxygen atoms in total. The summed E-state index contributed by atoms with van der Waals surface area (Å²) in [5, 5.41) is 8.99. The van der Waals surface area contributed by atoms with Gasteiger partial charge in [-0.25, -0.2) is 0 Å². The molecule has 1 atom stereocenters. The molecule has 0 aromatic carbocycles. The van der Waals surface area contributed by atoms with Crippen LogP contribution in [-0.4, -0.2) is 48.8 Å². The number of hydrogen-bond acceptors (Lipinski definition) is 4. The summed E-state index contributed by atoms with van der Waals surface area (Å²) in [5.41, 5.74) is 0. The van der Waals surface area contributed by atoms with Crippen LogP contribution in [0.25, 0.3) is 0 Å². The highest BCUT2D eigenvalue weighted by atomic mass is 16.5. The van der Waals surface area contributed by atoms with Crippen molar-refractivity contribution in [2.75, 3.05) is 26.8 Å². The first kappa shape index (κ1) is 13.5. The fourth-order valence-electron chi connectivity index (χ4n) is 2.36. The zero-order valence-corrected chi connectivity index (χ0v) is 10.2. The first-order valence-electron chi connectivity index (χ1n) is 6.19. The number of piperidine rings is 1. The van der Waals surface area contributed by atoms with Gasteiger partial charge < -0.3 is 14.7 Å². The van der Waals surface area contributed by atoms with E-state index < -0.39 is 0 Å². The van der Waals surface area contributed by atoms with Crippen LogP contribution in [0.4, 0.5) is 0 Å². The van der Waals surface area contributed by atoms with E-state index in [1.54, 1.807) is 0 Å². The Balaban J connectivity index is 2.24. The van der Waals surface area contributed by atoms with Gasteiger partial charge in [-0.05, 0) is 38.8 Å². The first-order valence-corrected chi connectivity index (χ1v) is 6.19. The fourth-order valence-corrected chi connectivity index (χ4v) is 2.36. The maximum atomic E-state index is 11.0. The van der Waals surface area contributed by atoms with Crippen LogP contribution in [0.2, 0.25) is 0 Å². The Bertz CT molecular complexity index is 206. The van der Waals surface area contributed by atoms with Crippen molar-refractivity contribution in [1.82, 2.24) is 4.90 Å². The minimum absolute atomic E-state index is 0.129. The van der Waals surface area contributed by atoms with E-state index in [1.165, 1.54) is 26.4 Å². The molecule has 1 aliphatic rings. The van der Waals surface area contributed by atoms with Crippen molar-refractivity contribution in [2.24, 2.45) is 0 Å². The van der Waals surface area contributed by atoms with Crippen molar-refractivity contribution in [1.29, 1.82) is 0 Å². The molecule has 1 unspecified atom stereocenters. The number of ether oxygens (including phenoxy) is 1. The van der Waals surface area contributed by atoms with Gasteiger partial charge >= 0.3 is 5.97 Å². The fraction of sp³-hybridized carbons (Fsp3) is 0.917. The molecule has 1 fully saturated rings. The van der Waals surface area contributed by atoms with Gasteiger partial charge in [0.25, 0.3) is 0 Å². The SMILES string of the molecule is COC(=O)CCCN1CCCCC1CCO. The molecule has 4 heteroatoms. The van der Waals surface area contributed by atoms with Crippen molar-refractivity contribution in [3.63, 3.8) is 0 Å². The van der Waals surface area contributed by atoms with E-state index in [-0.39, 0.29) is 12.6 Å². The summed E-state index contributed by atoms with van der Waals surface area (Å²) in [5.74, 6) is -0.129. The predicted octanol–water partition coefficient (Wildman–Crippen LogP) is 1.18. The van der Waals surface area contributed by atoms with Crippen LogP contribution in [-0.2, 0) is 9.53 Å².